The number of benzene rings is 3. The van der Waals surface area contributed by atoms with E-state index < -0.39 is 17.3 Å². The average molecular weight is 380 g/mol. The van der Waals surface area contributed by atoms with Crippen LogP contribution in [0, 0.1) is 0 Å². The minimum Gasteiger partial charge on any atom is -0.744 e. The van der Waals surface area contributed by atoms with Gasteiger partial charge in [0.05, 0.1) is 4.90 Å². The summed E-state index contributed by atoms with van der Waals surface area (Å²) in [5.41, 5.74) is 0. The molecule has 0 fully saturated rings. The summed E-state index contributed by atoms with van der Waals surface area (Å²) in [7, 11) is -7.90. The first-order chi connectivity index (χ1) is 11.4. The Kier molecular flexibility index (Phi) is 6.44. The van der Waals surface area contributed by atoms with Gasteiger partial charge >= 0.3 is 29.6 Å². The molecular weight excluding hydrogens is 366 g/mol. The van der Waals surface area contributed by atoms with E-state index in [4.69, 9.17) is 0 Å². The summed E-state index contributed by atoms with van der Waals surface area (Å²) in [5, 5.41) is 1.48. The summed E-state index contributed by atoms with van der Waals surface area (Å²) >= 11 is 0. The van der Waals surface area contributed by atoms with Gasteiger partial charge in [-0.1, -0.05) is 72.8 Å². The van der Waals surface area contributed by atoms with Crippen LogP contribution in [0.3, 0.4) is 0 Å². The van der Waals surface area contributed by atoms with Crippen LogP contribution in [0.4, 0.5) is 0 Å². The second-order valence-electron chi connectivity index (χ2n) is 5.23. The van der Waals surface area contributed by atoms with Crippen LogP contribution in [0.1, 0.15) is 0 Å². The molecule has 0 saturated carbocycles. The van der Waals surface area contributed by atoms with Crippen LogP contribution < -0.4 is 45.5 Å². The van der Waals surface area contributed by atoms with E-state index in [1.807, 2.05) is 12.1 Å². The Morgan fingerprint density at radius 1 is 0.680 bits per heavy atom. The fraction of sp³-hybridized carbons (Fsp3) is 0. The third-order valence-electron chi connectivity index (χ3n) is 3.71. The molecule has 0 aliphatic rings. The molecule has 0 atom stereocenters. The summed E-state index contributed by atoms with van der Waals surface area (Å²) in [6, 6.07) is 23.2. The van der Waals surface area contributed by atoms with Crippen molar-refractivity contribution in [2.24, 2.45) is 0 Å². The van der Waals surface area contributed by atoms with Crippen molar-refractivity contribution in [1.29, 1.82) is 0 Å². The average Bonchev–Trinajstić information content (AvgIpc) is 2.62. The molecule has 7 heteroatoms. The normalized spacial score (nSPS) is 11.6. The number of rotatable bonds is 4. The minimum atomic E-state index is -4.62. The van der Waals surface area contributed by atoms with Crippen LogP contribution in [0.2, 0.25) is 0 Å². The van der Waals surface area contributed by atoms with Gasteiger partial charge in [0, 0.05) is 15.9 Å². The smallest absolute Gasteiger partial charge is 0.744 e. The van der Waals surface area contributed by atoms with Crippen molar-refractivity contribution in [2.45, 2.75) is 4.90 Å². The van der Waals surface area contributed by atoms with Gasteiger partial charge < -0.3 is 9.12 Å². The van der Waals surface area contributed by atoms with Gasteiger partial charge in [0.2, 0.25) is 0 Å². The molecule has 0 radical (unpaired) electrons. The van der Waals surface area contributed by atoms with E-state index in [2.05, 4.69) is 0 Å². The van der Waals surface area contributed by atoms with E-state index in [1.165, 1.54) is 18.2 Å². The maximum atomic E-state index is 14.0. The molecule has 0 aromatic heterocycles. The second kappa shape index (κ2) is 8.00. The predicted octanol–water partition coefficient (Wildman–Crippen LogP) is -0.766. The van der Waals surface area contributed by atoms with Crippen molar-refractivity contribution in [1.82, 2.24) is 0 Å². The van der Waals surface area contributed by atoms with Gasteiger partial charge in [-0.15, -0.1) is 0 Å². The third kappa shape index (κ3) is 4.14. The fourth-order valence-electron chi connectivity index (χ4n) is 2.56. The Labute approximate surface area is 169 Å². The van der Waals surface area contributed by atoms with Gasteiger partial charge in [-0.05, 0) is 12.1 Å². The van der Waals surface area contributed by atoms with Crippen molar-refractivity contribution >= 4 is 33.2 Å². The van der Waals surface area contributed by atoms with Crippen LogP contribution >= 0.6 is 7.14 Å². The van der Waals surface area contributed by atoms with Crippen LogP contribution in [0.25, 0.3) is 0 Å². The molecule has 4 nitrogen and oxygen atoms in total. The molecule has 0 spiro atoms. The first kappa shape index (κ1) is 20.1. The minimum absolute atomic E-state index is 0. The summed E-state index contributed by atoms with van der Waals surface area (Å²) in [4.78, 5) is -0.382. The van der Waals surface area contributed by atoms with Crippen LogP contribution in [0.5, 0.6) is 0 Å². The van der Waals surface area contributed by atoms with Crippen molar-refractivity contribution < 1.29 is 47.1 Å². The Bertz CT molecular complexity index is 962. The summed E-state index contributed by atoms with van der Waals surface area (Å²) in [6.07, 6.45) is 0. The maximum Gasteiger partial charge on any atom is 1.00 e. The van der Waals surface area contributed by atoms with E-state index in [1.54, 1.807) is 54.6 Å². The Hall–Kier alpha value is -1.20. The molecule has 3 aromatic rings. The Morgan fingerprint density at radius 2 is 1.12 bits per heavy atom. The first-order valence-corrected chi connectivity index (χ1v) is 10.3. The monoisotopic (exact) mass is 380 g/mol. The first-order valence-electron chi connectivity index (χ1n) is 7.20. The fourth-order valence-corrected chi connectivity index (χ4v) is 5.86. The zero-order valence-electron chi connectivity index (χ0n) is 13.6. The van der Waals surface area contributed by atoms with E-state index in [0.717, 1.165) is 0 Å². The molecule has 3 rings (SSSR count). The molecule has 0 saturated heterocycles. The van der Waals surface area contributed by atoms with Crippen molar-refractivity contribution in [2.75, 3.05) is 0 Å². The van der Waals surface area contributed by atoms with Gasteiger partial charge in [-0.25, -0.2) is 8.42 Å². The molecule has 0 aliphatic carbocycles. The SMILES string of the molecule is O=P(c1ccccc1)(c1ccccc1)c1cccc(S(=O)(=O)[O-])c1.[Na+]. The topological polar surface area (TPSA) is 74.3 Å². The number of hydrogen-bond acceptors (Lipinski definition) is 4. The van der Waals surface area contributed by atoms with Crippen LogP contribution in [-0.4, -0.2) is 13.0 Å². The van der Waals surface area contributed by atoms with Crippen molar-refractivity contribution in [3.63, 3.8) is 0 Å². The second-order valence-corrected chi connectivity index (χ2v) is 9.38. The summed E-state index contributed by atoms with van der Waals surface area (Å²) < 4.78 is 48.0. The zero-order chi connectivity index (χ0) is 17.2. The predicted molar refractivity (Wildman–Crippen MR) is 93.8 cm³/mol. The van der Waals surface area contributed by atoms with Crippen LogP contribution in [-0.2, 0) is 14.7 Å². The molecular formula is C18H14NaO4PS. The summed E-state index contributed by atoms with van der Waals surface area (Å²) in [5.74, 6) is 0. The zero-order valence-corrected chi connectivity index (χ0v) is 17.3. The van der Waals surface area contributed by atoms with E-state index in [0.29, 0.717) is 15.9 Å². The van der Waals surface area contributed by atoms with E-state index in [-0.39, 0.29) is 34.5 Å². The third-order valence-corrected chi connectivity index (χ3v) is 7.60. The molecule has 3 aromatic carbocycles. The van der Waals surface area contributed by atoms with Crippen molar-refractivity contribution in [3.05, 3.63) is 84.9 Å². The standard InChI is InChI=1S/C18H15O4PS.Na/c19-23(15-8-3-1-4-9-15,16-10-5-2-6-11-16)17-12-7-13-18(14-17)24(20,21)22;/h1-14H,(H,20,21,22);/q;+1/p-1. The largest absolute Gasteiger partial charge is 1.00 e. The Balaban J connectivity index is 0.00000225. The maximum absolute atomic E-state index is 14.0. The Morgan fingerprint density at radius 3 is 1.56 bits per heavy atom. The number of hydrogen-bond donors (Lipinski definition) is 0. The van der Waals surface area contributed by atoms with E-state index in [9.17, 15) is 17.5 Å². The quantitative estimate of drug-likeness (QED) is 0.339. The van der Waals surface area contributed by atoms with Crippen molar-refractivity contribution in [3.8, 4) is 0 Å². The molecule has 25 heavy (non-hydrogen) atoms. The van der Waals surface area contributed by atoms with Gasteiger partial charge in [0.1, 0.15) is 10.1 Å². The van der Waals surface area contributed by atoms with Gasteiger partial charge in [0.15, 0.2) is 7.14 Å². The van der Waals surface area contributed by atoms with Gasteiger partial charge in [-0.2, -0.15) is 0 Å². The molecule has 0 heterocycles. The molecule has 0 amide bonds. The van der Waals surface area contributed by atoms with Gasteiger partial charge in [-0.3, -0.25) is 0 Å². The summed E-state index contributed by atoms with van der Waals surface area (Å²) in [6.45, 7) is 0. The van der Waals surface area contributed by atoms with Crippen LogP contribution in [0.15, 0.2) is 89.8 Å². The van der Waals surface area contributed by atoms with Gasteiger partial charge in [0.25, 0.3) is 0 Å². The van der Waals surface area contributed by atoms with E-state index >= 15 is 0 Å². The molecule has 0 bridgehead atoms. The molecule has 122 valence electrons. The molecule has 0 N–H and O–H groups in total. The molecule has 0 aliphatic heterocycles. The molecule has 0 unspecified atom stereocenters.